The van der Waals surface area contributed by atoms with E-state index in [0.29, 0.717) is 24.4 Å². The molecule has 2 aliphatic rings. The number of hydrogen-bond donors (Lipinski definition) is 1. The van der Waals surface area contributed by atoms with Crippen LogP contribution in [0.3, 0.4) is 0 Å². The van der Waals surface area contributed by atoms with Crippen molar-refractivity contribution < 1.29 is 23.0 Å². The number of alkyl halides is 2. The van der Waals surface area contributed by atoms with Crippen LogP contribution in [0.4, 0.5) is 8.78 Å². The summed E-state index contributed by atoms with van der Waals surface area (Å²) < 4.78 is 37.2. The van der Waals surface area contributed by atoms with Crippen LogP contribution in [0.15, 0.2) is 42.7 Å². The minimum Gasteiger partial charge on any atom is -0.435 e. The molecule has 35 heavy (non-hydrogen) atoms. The summed E-state index contributed by atoms with van der Waals surface area (Å²) in [6.45, 7) is 0.777. The Balaban J connectivity index is 0.000000308. The Morgan fingerprint density at radius 2 is 2.11 bits per heavy atom. The van der Waals surface area contributed by atoms with E-state index < -0.39 is 6.61 Å². The number of nitrogens with zero attached hydrogens (tertiary/aromatic N) is 2. The second-order valence-corrected chi connectivity index (χ2v) is 10.2. The van der Waals surface area contributed by atoms with Crippen molar-refractivity contribution in [3.8, 4) is 16.9 Å². The number of thioether (sulfide) groups is 1. The Labute approximate surface area is 208 Å². The van der Waals surface area contributed by atoms with Gasteiger partial charge in [0.1, 0.15) is 11.4 Å². The van der Waals surface area contributed by atoms with Crippen LogP contribution in [0.2, 0.25) is 0 Å². The van der Waals surface area contributed by atoms with Crippen LogP contribution in [-0.4, -0.2) is 59.8 Å². The molecule has 5 rings (SSSR count). The maximum atomic E-state index is 12.6. The van der Waals surface area contributed by atoms with Gasteiger partial charge in [-0.1, -0.05) is 12.1 Å². The van der Waals surface area contributed by atoms with Crippen molar-refractivity contribution in [2.75, 3.05) is 31.8 Å². The van der Waals surface area contributed by atoms with Crippen molar-refractivity contribution >= 4 is 29.0 Å². The van der Waals surface area contributed by atoms with Gasteiger partial charge in [-0.2, -0.15) is 20.5 Å². The fourth-order valence-electron chi connectivity index (χ4n) is 4.42. The first-order valence-electron chi connectivity index (χ1n) is 11.8. The van der Waals surface area contributed by atoms with Gasteiger partial charge in [-0.15, -0.1) is 0 Å². The fourth-order valence-corrected chi connectivity index (χ4v) is 5.90. The van der Waals surface area contributed by atoms with Gasteiger partial charge in [-0.3, -0.25) is 9.78 Å². The third-order valence-electron chi connectivity index (χ3n) is 6.64. The molecule has 1 atom stereocenters. The molecule has 6 nitrogen and oxygen atoms in total. The van der Waals surface area contributed by atoms with Gasteiger partial charge in [0.2, 0.25) is 0 Å². The number of carbonyl (C=O) groups is 1. The van der Waals surface area contributed by atoms with Gasteiger partial charge < -0.3 is 19.4 Å². The lowest BCUT2D eigenvalue weighted by Crippen LogP contribution is -2.39. The molecule has 0 bridgehead atoms. The van der Waals surface area contributed by atoms with Gasteiger partial charge in [0.05, 0.1) is 5.52 Å². The predicted octanol–water partition coefficient (Wildman–Crippen LogP) is 5.57. The number of pyridine rings is 1. The fraction of sp³-hybridized carbons (Fsp3) is 0.462. The zero-order valence-electron chi connectivity index (χ0n) is 20.0. The van der Waals surface area contributed by atoms with Crippen molar-refractivity contribution in [3.63, 3.8) is 0 Å². The normalized spacial score (nSPS) is 20.6. The highest BCUT2D eigenvalue weighted by atomic mass is 32.2. The zero-order valence-corrected chi connectivity index (χ0v) is 20.8. The Bertz CT molecular complexity index is 1140. The molecule has 0 aliphatic carbocycles. The number of aldehydes is 1. The summed E-state index contributed by atoms with van der Waals surface area (Å²) in [7, 11) is 2.05. The third kappa shape index (κ3) is 6.20. The molecule has 188 valence electrons. The van der Waals surface area contributed by atoms with Crippen LogP contribution in [0.5, 0.6) is 5.75 Å². The molecule has 9 heteroatoms. The summed E-state index contributed by atoms with van der Waals surface area (Å²) in [5, 5.41) is 4.18. The highest BCUT2D eigenvalue weighted by molar-refractivity contribution is 7.99. The van der Waals surface area contributed by atoms with E-state index in [1.54, 1.807) is 24.4 Å². The van der Waals surface area contributed by atoms with Crippen LogP contribution in [0, 0.1) is 0 Å². The second kappa shape index (κ2) is 11.5. The SMILES string of the molecule is CNC1(C)CCSC1.O=Cc1cc2c(cn1)c(-c1cccc(OC(F)F)c1)cn2C1CCOCC1. The number of halogens is 2. The van der Waals surface area contributed by atoms with Crippen molar-refractivity contribution in [1.82, 2.24) is 14.9 Å². The number of fused-ring (bicyclic) bond motifs is 1. The molecule has 1 N–H and O–H groups in total. The number of ether oxygens (including phenoxy) is 2. The first-order valence-corrected chi connectivity index (χ1v) is 12.9. The monoisotopic (exact) mass is 503 g/mol. The number of carbonyl (C=O) groups excluding carboxylic acids is 1. The van der Waals surface area contributed by atoms with E-state index in [-0.39, 0.29) is 11.8 Å². The maximum Gasteiger partial charge on any atom is 0.387 e. The molecule has 2 fully saturated rings. The molecule has 0 radical (unpaired) electrons. The minimum atomic E-state index is -2.87. The predicted molar refractivity (Wildman–Crippen MR) is 136 cm³/mol. The zero-order chi connectivity index (χ0) is 24.8. The largest absolute Gasteiger partial charge is 0.435 e. The molecule has 2 aromatic heterocycles. The Morgan fingerprint density at radius 3 is 2.74 bits per heavy atom. The van der Waals surface area contributed by atoms with E-state index in [1.165, 1.54) is 24.0 Å². The van der Waals surface area contributed by atoms with E-state index in [4.69, 9.17) is 4.74 Å². The Hall–Kier alpha value is -2.49. The number of benzene rings is 1. The lowest BCUT2D eigenvalue weighted by molar-refractivity contribution is -0.0498. The lowest BCUT2D eigenvalue weighted by Gasteiger charge is -2.24. The van der Waals surface area contributed by atoms with Crippen molar-refractivity contribution in [2.45, 2.75) is 44.4 Å². The Morgan fingerprint density at radius 1 is 1.31 bits per heavy atom. The van der Waals surface area contributed by atoms with Gasteiger partial charge in [0, 0.05) is 53.9 Å². The maximum absolute atomic E-state index is 12.6. The van der Waals surface area contributed by atoms with E-state index in [2.05, 4.69) is 26.5 Å². The highest BCUT2D eigenvalue weighted by Gasteiger charge is 2.26. The molecule has 1 aromatic carbocycles. The van der Waals surface area contributed by atoms with Crippen LogP contribution < -0.4 is 10.1 Å². The van der Waals surface area contributed by atoms with Gasteiger partial charge in [-0.25, -0.2) is 0 Å². The first kappa shape index (κ1) is 25.6. The van der Waals surface area contributed by atoms with E-state index in [0.717, 1.165) is 41.2 Å². The molecule has 3 aromatic rings. The molecule has 2 saturated heterocycles. The summed E-state index contributed by atoms with van der Waals surface area (Å²) in [6.07, 6.45) is 7.45. The summed E-state index contributed by atoms with van der Waals surface area (Å²) in [4.78, 5) is 15.4. The van der Waals surface area contributed by atoms with Crippen LogP contribution in [0.25, 0.3) is 22.0 Å². The smallest absolute Gasteiger partial charge is 0.387 e. The van der Waals surface area contributed by atoms with Crippen molar-refractivity contribution in [1.29, 1.82) is 0 Å². The molecule has 2 aliphatic heterocycles. The quantitative estimate of drug-likeness (QED) is 0.444. The van der Waals surface area contributed by atoms with Crippen LogP contribution in [0.1, 0.15) is 42.7 Å². The third-order valence-corrected chi connectivity index (χ3v) is 7.97. The van der Waals surface area contributed by atoms with Crippen molar-refractivity contribution in [2.24, 2.45) is 0 Å². The summed E-state index contributed by atoms with van der Waals surface area (Å²) in [5.41, 5.74) is 3.32. The number of hydrogen-bond acceptors (Lipinski definition) is 6. The highest BCUT2D eigenvalue weighted by Crippen LogP contribution is 2.36. The first-order chi connectivity index (χ1) is 16.9. The number of nitrogens with one attached hydrogen (secondary N) is 1. The van der Waals surface area contributed by atoms with Crippen molar-refractivity contribution in [3.05, 3.63) is 48.4 Å². The topological polar surface area (TPSA) is 65.4 Å². The minimum absolute atomic E-state index is 0.104. The van der Waals surface area contributed by atoms with E-state index in [9.17, 15) is 13.6 Å². The lowest BCUT2D eigenvalue weighted by atomic mass is 10.0. The molecule has 0 saturated carbocycles. The molecule has 0 amide bonds. The summed E-state index contributed by atoms with van der Waals surface area (Å²) in [5.74, 6) is 2.72. The van der Waals surface area contributed by atoms with Gasteiger partial charge in [0.25, 0.3) is 0 Å². The molecule has 0 spiro atoms. The van der Waals surface area contributed by atoms with Gasteiger partial charge in [-0.05, 0) is 62.7 Å². The van der Waals surface area contributed by atoms with Crippen LogP contribution >= 0.6 is 11.8 Å². The standard InChI is InChI=1S/C20H18F2N2O3.C6H13NS/c21-20(22)27-16-3-1-2-13(8-16)18-11-24(15-4-6-26-7-5-15)19-9-14(12-25)23-10-17(18)19;1-6(7-2)3-4-8-5-6/h1-3,8-12,15,20H,4-7H2;7H,3-5H2,1-2H3. The van der Waals surface area contributed by atoms with Crippen LogP contribution in [-0.2, 0) is 4.74 Å². The molecular formula is C26H31F2N3O3S. The number of aromatic nitrogens is 2. The van der Waals surface area contributed by atoms with Gasteiger partial charge in [0.15, 0.2) is 6.29 Å². The molecule has 1 unspecified atom stereocenters. The Kier molecular flexibility index (Phi) is 8.41. The second-order valence-electron chi connectivity index (χ2n) is 9.06. The summed E-state index contributed by atoms with van der Waals surface area (Å²) in [6, 6.07) is 8.62. The number of rotatable bonds is 6. The average molecular weight is 504 g/mol. The molecule has 4 heterocycles. The summed E-state index contributed by atoms with van der Waals surface area (Å²) >= 11 is 2.04. The molecular weight excluding hydrogens is 472 g/mol. The van der Waals surface area contributed by atoms with Gasteiger partial charge >= 0.3 is 6.61 Å². The van der Waals surface area contributed by atoms with E-state index in [1.807, 2.05) is 31.1 Å². The van der Waals surface area contributed by atoms with E-state index >= 15 is 0 Å². The average Bonchev–Trinajstić information content (AvgIpc) is 3.49.